The summed E-state index contributed by atoms with van der Waals surface area (Å²) in [5.41, 5.74) is -0.212. The summed E-state index contributed by atoms with van der Waals surface area (Å²) in [5, 5.41) is 13.7. The summed E-state index contributed by atoms with van der Waals surface area (Å²) in [4.78, 5) is 25.0. The summed E-state index contributed by atoms with van der Waals surface area (Å²) in [6.07, 6.45) is -3.57. The van der Waals surface area contributed by atoms with E-state index in [1.807, 2.05) is 4.90 Å². The molecule has 0 spiro atoms. The maximum atomic E-state index is 12.8. The van der Waals surface area contributed by atoms with Gasteiger partial charge in [-0.05, 0) is 37.1 Å². The molecule has 3 rings (SSSR count). The second kappa shape index (κ2) is 7.87. The lowest BCUT2D eigenvalue weighted by Gasteiger charge is -2.32. The van der Waals surface area contributed by atoms with E-state index in [1.54, 1.807) is 18.2 Å². The molecule has 1 fully saturated rings. The Morgan fingerprint density at radius 3 is 2.43 bits per heavy atom. The van der Waals surface area contributed by atoms with Crippen LogP contribution in [0.3, 0.4) is 0 Å². The van der Waals surface area contributed by atoms with Gasteiger partial charge < -0.3 is 10.2 Å². The van der Waals surface area contributed by atoms with Gasteiger partial charge in [-0.25, -0.2) is 0 Å². The number of alkyl halides is 3. The van der Waals surface area contributed by atoms with Crippen LogP contribution in [0.5, 0.6) is 0 Å². The minimum Gasteiger partial charge on any atom is -0.366 e. The smallest absolute Gasteiger partial charge is 0.366 e. The Labute approximate surface area is 159 Å². The summed E-state index contributed by atoms with van der Waals surface area (Å²) >= 11 is 0. The fraction of sp³-hybridized carbons (Fsp3) is 0.316. The molecule has 1 heterocycles. The van der Waals surface area contributed by atoms with Gasteiger partial charge in [-0.2, -0.15) is 13.2 Å². The molecule has 9 heteroatoms. The number of nitro benzene ring substituents is 1. The Morgan fingerprint density at radius 2 is 1.79 bits per heavy atom. The van der Waals surface area contributed by atoms with Crippen LogP contribution in [-0.4, -0.2) is 23.9 Å². The van der Waals surface area contributed by atoms with Crippen molar-refractivity contribution in [3.8, 4) is 0 Å². The average Bonchev–Trinajstić information content (AvgIpc) is 2.67. The lowest BCUT2D eigenvalue weighted by molar-refractivity contribution is -0.384. The number of amides is 1. The van der Waals surface area contributed by atoms with Crippen LogP contribution in [0.1, 0.15) is 18.4 Å². The van der Waals surface area contributed by atoms with Gasteiger partial charge >= 0.3 is 6.18 Å². The highest BCUT2D eigenvalue weighted by molar-refractivity contribution is 5.92. The molecule has 148 valence electrons. The van der Waals surface area contributed by atoms with Crippen molar-refractivity contribution in [1.29, 1.82) is 0 Å². The van der Waals surface area contributed by atoms with Gasteiger partial charge in [0.25, 0.3) is 5.69 Å². The number of anilines is 2. The Morgan fingerprint density at radius 1 is 1.11 bits per heavy atom. The van der Waals surface area contributed by atoms with Crippen LogP contribution in [0, 0.1) is 16.0 Å². The topological polar surface area (TPSA) is 75.5 Å². The first-order valence-electron chi connectivity index (χ1n) is 8.72. The van der Waals surface area contributed by atoms with Gasteiger partial charge in [-0.1, -0.05) is 18.2 Å². The fourth-order valence-corrected chi connectivity index (χ4v) is 3.29. The van der Waals surface area contributed by atoms with Crippen LogP contribution in [-0.2, 0) is 11.0 Å². The number of carbonyl (C=O) groups is 1. The molecule has 0 saturated carbocycles. The van der Waals surface area contributed by atoms with Crippen LogP contribution < -0.4 is 10.2 Å². The number of hydrogen-bond donors (Lipinski definition) is 1. The van der Waals surface area contributed by atoms with Crippen LogP contribution in [0.15, 0.2) is 48.5 Å². The number of nitrogens with one attached hydrogen (secondary N) is 1. The van der Waals surface area contributed by atoms with Gasteiger partial charge in [0.15, 0.2) is 0 Å². The van der Waals surface area contributed by atoms with E-state index in [0.717, 1.165) is 12.1 Å². The summed E-state index contributed by atoms with van der Waals surface area (Å²) < 4.78 is 38.4. The molecule has 0 atom stereocenters. The number of nitro groups is 1. The minimum atomic E-state index is -4.48. The molecule has 2 aromatic rings. The molecule has 1 N–H and O–H groups in total. The molecule has 0 radical (unpaired) electrons. The number of nitrogens with zero attached hydrogens (tertiary/aromatic N) is 2. The van der Waals surface area contributed by atoms with Crippen LogP contribution in [0.4, 0.5) is 30.2 Å². The molecule has 0 aliphatic carbocycles. The zero-order valence-corrected chi connectivity index (χ0v) is 14.8. The first-order chi connectivity index (χ1) is 13.3. The zero-order valence-electron chi connectivity index (χ0n) is 14.8. The molecule has 0 unspecified atom stereocenters. The number of halogens is 3. The Balaban J connectivity index is 1.63. The molecular weight excluding hydrogens is 375 g/mol. The third-order valence-corrected chi connectivity index (χ3v) is 4.74. The average molecular weight is 393 g/mol. The minimum absolute atomic E-state index is 0.00867. The number of carbonyl (C=O) groups excluding carboxylic acids is 1. The lowest BCUT2D eigenvalue weighted by atomic mass is 9.95. The predicted molar refractivity (Wildman–Crippen MR) is 98.1 cm³/mol. The van der Waals surface area contributed by atoms with E-state index >= 15 is 0 Å². The van der Waals surface area contributed by atoms with E-state index in [0.29, 0.717) is 31.6 Å². The van der Waals surface area contributed by atoms with E-state index in [9.17, 15) is 28.1 Å². The third kappa shape index (κ3) is 4.41. The van der Waals surface area contributed by atoms with Crippen LogP contribution in [0.2, 0.25) is 0 Å². The van der Waals surface area contributed by atoms with E-state index < -0.39 is 16.7 Å². The summed E-state index contributed by atoms with van der Waals surface area (Å²) in [6.45, 7) is 0.900. The van der Waals surface area contributed by atoms with Crippen molar-refractivity contribution >= 4 is 23.0 Å². The van der Waals surface area contributed by atoms with Crippen LogP contribution in [0.25, 0.3) is 0 Å². The number of rotatable bonds is 4. The highest BCUT2D eigenvalue weighted by Crippen LogP contribution is 2.33. The molecule has 1 aliphatic rings. The molecule has 28 heavy (non-hydrogen) atoms. The molecule has 1 aliphatic heterocycles. The Kier molecular flexibility index (Phi) is 5.53. The third-order valence-electron chi connectivity index (χ3n) is 4.74. The molecular formula is C19H18F3N3O3. The monoisotopic (exact) mass is 393 g/mol. The molecule has 1 amide bonds. The second-order valence-electron chi connectivity index (χ2n) is 6.57. The van der Waals surface area contributed by atoms with Gasteiger partial charge in [0, 0.05) is 30.8 Å². The fourth-order valence-electron chi connectivity index (χ4n) is 3.29. The standard InChI is InChI=1S/C19H18F3N3O3/c20-19(21,22)14-4-3-5-15(12-14)23-18(26)13-8-10-24(11-9-13)16-6-1-2-7-17(16)25(27)28/h1-7,12-13H,8-11H2,(H,23,26). The number of hydrogen-bond acceptors (Lipinski definition) is 4. The van der Waals surface area contributed by atoms with E-state index in [1.165, 1.54) is 18.2 Å². The van der Waals surface area contributed by atoms with Crippen molar-refractivity contribution < 1.29 is 22.9 Å². The van der Waals surface area contributed by atoms with Crippen molar-refractivity contribution in [1.82, 2.24) is 0 Å². The molecule has 2 aromatic carbocycles. The van der Waals surface area contributed by atoms with Gasteiger partial charge in [-0.3, -0.25) is 14.9 Å². The summed E-state index contributed by atoms with van der Waals surface area (Å²) in [6, 6.07) is 10.9. The van der Waals surface area contributed by atoms with Crippen LogP contribution >= 0.6 is 0 Å². The first kappa shape index (κ1) is 19.7. The van der Waals surface area contributed by atoms with Gasteiger partial charge in [-0.15, -0.1) is 0 Å². The Hall–Kier alpha value is -3.10. The molecule has 0 bridgehead atoms. The van der Waals surface area contributed by atoms with Crippen molar-refractivity contribution in [2.45, 2.75) is 19.0 Å². The summed E-state index contributed by atoms with van der Waals surface area (Å²) in [5.74, 6) is -0.713. The number of benzene rings is 2. The second-order valence-corrected chi connectivity index (χ2v) is 6.57. The molecule has 0 aromatic heterocycles. The van der Waals surface area contributed by atoms with Gasteiger partial charge in [0.2, 0.25) is 5.91 Å². The van der Waals surface area contributed by atoms with E-state index in [4.69, 9.17) is 0 Å². The highest BCUT2D eigenvalue weighted by Gasteiger charge is 2.31. The first-order valence-corrected chi connectivity index (χ1v) is 8.72. The maximum absolute atomic E-state index is 12.8. The van der Waals surface area contributed by atoms with Gasteiger partial charge in [0.05, 0.1) is 10.5 Å². The maximum Gasteiger partial charge on any atom is 0.416 e. The van der Waals surface area contributed by atoms with Crippen molar-refractivity contribution in [3.63, 3.8) is 0 Å². The molecule has 1 saturated heterocycles. The molecule has 6 nitrogen and oxygen atoms in total. The largest absolute Gasteiger partial charge is 0.416 e. The lowest BCUT2D eigenvalue weighted by Crippen LogP contribution is -2.38. The van der Waals surface area contributed by atoms with Crippen molar-refractivity contribution in [2.75, 3.05) is 23.3 Å². The summed E-state index contributed by atoms with van der Waals surface area (Å²) in [7, 11) is 0. The van der Waals surface area contributed by atoms with Crippen molar-refractivity contribution in [2.24, 2.45) is 5.92 Å². The number of piperidine rings is 1. The van der Waals surface area contributed by atoms with Gasteiger partial charge in [0.1, 0.15) is 5.69 Å². The van der Waals surface area contributed by atoms with E-state index in [2.05, 4.69) is 5.32 Å². The predicted octanol–water partition coefficient (Wildman–Crippen LogP) is 4.47. The quantitative estimate of drug-likeness (QED) is 0.614. The van der Waals surface area contributed by atoms with E-state index in [-0.39, 0.29) is 23.2 Å². The SMILES string of the molecule is O=C(Nc1cccc(C(F)(F)F)c1)C1CCN(c2ccccc2[N+](=O)[O-])CC1. The van der Waals surface area contributed by atoms with Crippen molar-refractivity contribution in [3.05, 3.63) is 64.2 Å². The number of para-hydroxylation sites is 2. The normalized spacial score (nSPS) is 15.3. The zero-order chi connectivity index (χ0) is 20.3. The highest BCUT2D eigenvalue weighted by atomic mass is 19.4. The Bertz CT molecular complexity index is 878.